The van der Waals surface area contributed by atoms with Crippen molar-refractivity contribution in [2.24, 2.45) is 0 Å². The van der Waals surface area contributed by atoms with Crippen LogP contribution < -0.4 is 5.32 Å². The van der Waals surface area contributed by atoms with Crippen molar-refractivity contribution in [3.8, 4) is 0 Å². The SMILES string of the molecule is Cc1ccnc2nc(C(=O)NCCCCCO)nn12. The molecule has 2 rings (SSSR count). The quantitative estimate of drug-likeness (QED) is 0.732. The average molecular weight is 263 g/mol. The topological polar surface area (TPSA) is 92.4 Å². The molecule has 7 heteroatoms. The number of hydrogen-bond donors (Lipinski definition) is 2. The second-order valence-electron chi connectivity index (χ2n) is 4.27. The lowest BCUT2D eigenvalue weighted by molar-refractivity contribution is 0.0942. The Morgan fingerprint density at radius 2 is 2.26 bits per heavy atom. The van der Waals surface area contributed by atoms with Crippen LogP contribution >= 0.6 is 0 Å². The van der Waals surface area contributed by atoms with Crippen molar-refractivity contribution in [3.63, 3.8) is 0 Å². The Hall–Kier alpha value is -2.02. The maximum atomic E-state index is 11.8. The first-order valence-corrected chi connectivity index (χ1v) is 6.30. The molecular weight excluding hydrogens is 246 g/mol. The zero-order chi connectivity index (χ0) is 13.7. The van der Waals surface area contributed by atoms with Crippen LogP contribution in [-0.4, -0.2) is 43.7 Å². The van der Waals surface area contributed by atoms with Gasteiger partial charge in [0.05, 0.1) is 0 Å². The number of carbonyl (C=O) groups excluding carboxylic acids is 1. The minimum absolute atomic E-state index is 0.129. The van der Waals surface area contributed by atoms with E-state index in [2.05, 4.69) is 20.4 Å². The highest BCUT2D eigenvalue weighted by Gasteiger charge is 2.13. The standard InChI is InChI=1S/C12H17N5O2/c1-9-5-7-14-12-15-10(16-17(9)12)11(19)13-6-3-2-4-8-18/h5,7,18H,2-4,6,8H2,1H3,(H,13,19). The number of aliphatic hydroxyl groups is 1. The molecule has 2 N–H and O–H groups in total. The summed E-state index contributed by atoms with van der Waals surface area (Å²) >= 11 is 0. The van der Waals surface area contributed by atoms with Gasteiger partial charge in [-0.25, -0.2) is 9.50 Å². The number of hydrogen-bond acceptors (Lipinski definition) is 5. The van der Waals surface area contributed by atoms with Gasteiger partial charge in [0.2, 0.25) is 5.82 Å². The highest BCUT2D eigenvalue weighted by atomic mass is 16.2. The van der Waals surface area contributed by atoms with Gasteiger partial charge in [-0.15, -0.1) is 5.10 Å². The summed E-state index contributed by atoms with van der Waals surface area (Å²) in [6.07, 6.45) is 4.11. The number of aromatic nitrogens is 4. The minimum Gasteiger partial charge on any atom is -0.396 e. The Balaban J connectivity index is 1.96. The molecule has 0 radical (unpaired) electrons. The predicted octanol–water partition coefficient (Wildman–Crippen LogP) is 0.325. The molecule has 0 fully saturated rings. The maximum absolute atomic E-state index is 11.8. The lowest BCUT2D eigenvalue weighted by Gasteiger charge is -2.01. The van der Waals surface area contributed by atoms with Crippen LogP contribution in [0.1, 0.15) is 35.6 Å². The average Bonchev–Trinajstić information content (AvgIpc) is 2.84. The number of rotatable bonds is 6. The van der Waals surface area contributed by atoms with E-state index in [0.29, 0.717) is 12.3 Å². The number of fused-ring (bicyclic) bond motifs is 1. The summed E-state index contributed by atoms with van der Waals surface area (Å²) in [7, 11) is 0. The Labute approximate surface area is 110 Å². The van der Waals surface area contributed by atoms with Gasteiger partial charge in [-0.1, -0.05) is 0 Å². The molecule has 0 saturated carbocycles. The van der Waals surface area contributed by atoms with E-state index < -0.39 is 0 Å². The third-order valence-electron chi connectivity index (χ3n) is 2.75. The lowest BCUT2D eigenvalue weighted by Crippen LogP contribution is -2.25. The van der Waals surface area contributed by atoms with Crippen LogP contribution in [-0.2, 0) is 0 Å². The van der Waals surface area contributed by atoms with E-state index in [4.69, 9.17) is 5.11 Å². The molecule has 0 aliphatic carbocycles. The molecule has 0 atom stereocenters. The lowest BCUT2D eigenvalue weighted by atomic mass is 10.2. The van der Waals surface area contributed by atoms with Crippen molar-refractivity contribution in [1.29, 1.82) is 0 Å². The molecule has 0 unspecified atom stereocenters. The van der Waals surface area contributed by atoms with E-state index in [1.54, 1.807) is 16.8 Å². The first-order valence-electron chi connectivity index (χ1n) is 6.30. The first kappa shape index (κ1) is 13.4. The van der Waals surface area contributed by atoms with Crippen LogP contribution in [0.15, 0.2) is 12.3 Å². The molecule has 7 nitrogen and oxygen atoms in total. The van der Waals surface area contributed by atoms with Gasteiger partial charge in [-0.2, -0.15) is 4.98 Å². The fourth-order valence-corrected chi connectivity index (χ4v) is 1.70. The second-order valence-corrected chi connectivity index (χ2v) is 4.27. The van der Waals surface area contributed by atoms with Crippen molar-refractivity contribution >= 4 is 11.7 Å². The molecule has 0 aliphatic rings. The van der Waals surface area contributed by atoms with Crippen LogP contribution in [0.25, 0.3) is 5.78 Å². The molecule has 0 aliphatic heterocycles. The zero-order valence-corrected chi connectivity index (χ0v) is 10.8. The summed E-state index contributed by atoms with van der Waals surface area (Å²) in [6.45, 7) is 2.62. The predicted molar refractivity (Wildman–Crippen MR) is 68.8 cm³/mol. The Kier molecular flexibility index (Phi) is 4.40. The summed E-state index contributed by atoms with van der Waals surface area (Å²) in [4.78, 5) is 20.0. The molecular formula is C12H17N5O2. The summed E-state index contributed by atoms with van der Waals surface area (Å²) in [5, 5.41) is 15.5. The fourth-order valence-electron chi connectivity index (χ4n) is 1.70. The molecule has 0 spiro atoms. The van der Waals surface area contributed by atoms with Crippen molar-refractivity contribution in [2.45, 2.75) is 26.2 Å². The van der Waals surface area contributed by atoms with Crippen molar-refractivity contribution in [1.82, 2.24) is 24.9 Å². The maximum Gasteiger partial charge on any atom is 0.291 e. The van der Waals surface area contributed by atoms with E-state index >= 15 is 0 Å². The monoisotopic (exact) mass is 263 g/mol. The number of unbranched alkanes of at least 4 members (excludes halogenated alkanes) is 2. The van der Waals surface area contributed by atoms with Gasteiger partial charge in [-0.05, 0) is 32.3 Å². The van der Waals surface area contributed by atoms with E-state index in [0.717, 1.165) is 25.0 Å². The van der Waals surface area contributed by atoms with Gasteiger partial charge in [0, 0.05) is 25.0 Å². The Bertz CT molecular complexity index is 566. The summed E-state index contributed by atoms with van der Waals surface area (Å²) in [5.41, 5.74) is 0.875. The summed E-state index contributed by atoms with van der Waals surface area (Å²) < 4.78 is 1.54. The van der Waals surface area contributed by atoms with Crippen LogP contribution in [0.5, 0.6) is 0 Å². The summed E-state index contributed by atoms with van der Waals surface area (Å²) in [5.74, 6) is 0.253. The molecule has 0 aromatic carbocycles. The minimum atomic E-state index is -0.297. The molecule has 0 saturated heterocycles. The highest BCUT2D eigenvalue weighted by molar-refractivity contribution is 5.90. The van der Waals surface area contributed by atoms with Crippen molar-refractivity contribution < 1.29 is 9.90 Å². The third kappa shape index (κ3) is 3.25. The molecule has 2 heterocycles. The molecule has 1 amide bonds. The first-order chi connectivity index (χ1) is 9.22. The smallest absolute Gasteiger partial charge is 0.291 e. The van der Waals surface area contributed by atoms with E-state index in [9.17, 15) is 4.79 Å². The molecule has 2 aromatic rings. The summed E-state index contributed by atoms with van der Waals surface area (Å²) in [6, 6.07) is 1.80. The molecule has 2 aromatic heterocycles. The number of nitrogens with zero attached hydrogens (tertiary/aromatic N) is 4. The van der Waals surface area contributed by atoms with Crippen molar-refractivity contribution in [2.75, 3.05) is 13.2 Å². The number of aryl methyl sites for hydroxylation is 1. The van der Waals surface area contributed by atoms with Crippen LogP contribution in [0, 0.1) is 6.92 Å². The van der Waals surface area contributed by atoms with E-state index in [-0.39, 0.29) is 18.3 Å². The molecule has 102 valence electrons. The van der Waals surface area contributed by atoms with E-state index in [1.807, 2.05) is 6.92 Å². The molecule has 0 bridgehead atoms. The number of amides is 1. The van der Waals surface area contributed by atoms with Crippen LogP contribution in [0.2, 0.25) is 0 Å². The van der Waals surface area contributed by atoms with Crippen LogP contribution in [0.4, 0.5) is 0 Å². The van der Waals surface area contributed by atoms with Gasteiger partial charge in [-0.3, -0.25) is 4.79 Å². The fraction of sp³-hybridized carbons (Fsp3) is 0.500. The van der Waals surface area contributed by atoms with E-state index in [1.165, 1.54) is 0 Å². The largest absolute Gasteiger partial charge is 0.396 e. The number of carbonyl (C=O) groups is 1. The van der Waals surface area contributed by atoms with Gasteiger partial charge >= 0.3 is 0 Å². The zero-order valence-electron chi connectivity index (χ0n) is 10.8. The number of aliphatic hydroxyl groups excluding tert-OH is 1. The normalized spacial score (nSPS) is 10.8. The van der Waals surface area contributed by atoms with Gasteiger partial charge in [0.1, 0.15) is 0 Å². The Morgan fingerprint density at radius 3 is 3.00 bits per heavy atom. The van der Waals surface area contributed by atoms with Gasteiger partial charge in [0.25, 0.3) is 11.7 Å². The number of nitrogens with one attached hydrogen (secondary N) is 1. The third-order valence-corrected chi connectivity index (χ3v) is 2.75. The van der Waals surface area contributed by atoms with Gasteiger partial charge in [0.15, 0.2) is 0 Å². The second kappa shape index (κ2) is 6.24. The molecule has 19 heavy (non-hydrogen) atoms. The Morgan fingerprint density at radius 1 is 1.42 bits per heavy atom. The van der Waals surface area contributed by atoms with Crippen molar-refractivity contribution in [3.05, 3.63) is 23.8 Å². The van der Waals surface area contributed by atoms with Gasteiger partial charge < -0.3 is 10.4 Å². The van der Waals surface area contributed by atoms with Crippen LogP contribution in [0.3, 0.4) is 0 Å². The highest BCUT2D eigenvalue weighted by Crippen LogP contribution is 2.02.